The molecule has 0 bridgehead atoms. The van der Waals surface area contributed by atoms with E-state index in [0.29, 0.717) is 23.0 Å². The molecule has 0 aliphatic carbocycles. The van der Waals surface area contributed by atoms with Crippen LogP contribution in [0.15, 0.2) is 58.7 Å². The van der Waals surface area contributed by atoms with Crippen molar-refractivity contribution in [3.05, 3.63) is 75.3 Å². The average Bonchev–Trinajstić information content (AvgIpc) is 2.97. The van der Waals surface area contributed by atoms with Crippen LogP contribution in [-0.4, -0.2) is 32.9 Å². The van der Waals surface area contributed by atoms with Gasteiger partial charge >= 0.3 is 0 Å². The highest BCUT2D eigenvalue weighted by Crippen LogP contribution is 2.23. The molecular formula is C18H16N4O3S. The molecule has 132 valence electrons. The lowest BCUT2D eigenvalue weighted by atomic mass is 10.1. The SMILES string of the molecule is Cc1ccccc1CN1C(=O)CS/C1=N/N=C/c1cccc([N+](=O)[O-])c1. The lowest BCUT2D eigenvalue weighted by Gasteiger charge is -2.16. The number of amidine groups is 1. The first-order valence-electron chi connectivity index (χ1n) is 7.88. The standard InChI is InChI=1S/C18H16N4O3S/c1-13-5-2-3-7-15(13)11-21-17(23)12-26-18(21)20-19-10-14-6-4-8-16(9-14)22(24)25/h2-10H,11-12H2,1H3/b19-10+,20-18+. The number of nitro groups is 1. The summed E-state index contributed by atoms with van der Waals surface area (Å²) in [7, 11) is 0. The summed E-state index contributed by atoms with van der Waals surface area (Å²) in [6, 6.07) is 14.0. The van der Waals surface area contributed by atoms with Crippen LogP contribution in [0.4, 0.5) is 5.69 Å². The highest BCUT2D eigenvalue weighted by atomic mass is 32.2. The lowest BCUT2D eigenvalue weighted by molar-refractivity contribution is -0.384. The quantitative estimate of drug-likeness (QED) is 0.460. The van der Waals surface area contributed by atoms with E-state index in [1.807, 2.05) is 31.2 Å². The van der Waals surface area contributed by atoms with E-state index in [4.69, 9.17) is 0 Å². The van der Waals surface area contributed by atoms with Crippen molar-refractivity contribution in [3.8, 4) is 0 Å². The number of nitrogens with zero attached hydrogens (tertiary/aromatic N) is 4. The molecule has 3 rings (SSSR count). The fraction of sp³-hybridized carbons (Fsp3) is 0.167. The van der Waals surface area contributed by atoms with Crippen LogP contribution in [0.5, 0.6) is 0 Å². The lowest BCUT2D eigenvalue weighted by Crippen LogP contribution is -2.29. The number of carbonyl (C=O) groups is 1. The molecule has 1 amide bonds. The van der Waals surface area contributed by atoms with E-state index in [1.165, 1.54) is 30.1 Å². The van der Waals surface area contributed by atoms with E-state index in [0.717, 1.165) is 11.1 Å². The molecule has 1 fully saturated rings. The zero-order valence-corrected chi connectivity index (χ0v) is 14.8. The van der Waals surface area contributed by atoms with E-state index in [-0.39, 0.29) is 11.6 Å². The van der Waals surface area contributed by atoms with Gasteiger partial charge in [-0.3, -0.25) is 19.8 Å². The summed E-state index contributed by atoms with van der Waals surface area (Å²) in [6.07, 6.45) is 1.44. The Bertz CT molecular complexity index is 911. The van der Waals surface area contributed by atoms with Crippen molar-refractivity contribution in [1.82, 2.24) is 4.90 Å². The Kier molecular flexibility index (Phi) is 5.43. The van der Waals surface area contributed by atoms with Crippen molar-refractivity contribution in [2.75, 3.05) is 5.75 Å². The van der Waals surface area contributed by atoms with Crippen LogP contribution >= 0.6 is 11.8 Å². The van der Waals surface area contributed by atoms with Gasteiger partial charge in [-0.05, 0) is 18.1 Å². The summed E-state index contributed by atoms with van der Waals surface area (Å²) < 4.78 is 0. The van der Waals surface area contributed by atoms with E-state index in [1.54, 1.807) is 17.0 Å². The molecule has 1 heterocycles. The van der Waals surface area contributed by atoms with Gasteiger partial charge in [-0.2, -0.15) is 5.10 Å². The Morgan fingerprint density at radius 2 is 2.08 bits per heavy atom. The number of benzene rings is 2. The minimum Gasteiger partial charge on any atom is -0.285 e. The zero-order valence-electron chi connectivity index (χ0n) is 14.0. The number of non-ortho nitro benzene ring substituents is 1. The maximum atomic E-state index is 12.2. The van der Waals surface area contributed by atoms with Crippen LogP contribution in [0.3, 0.4) is 0 Å². The van der Waals surface area contributed by atoms with Crippen LogP contribution in [0.25, 0.3) is 0 Å². The third-order valence-corrected chi connectivity index (χ3v) is 4.83. The normalized spacial score (nSPS) is 16.0. The van der Waals surface area contributed by atoms with E-state index in [2.05, 4.69) is 10.2 Å². The molecule has 8 heteroatoms. The third kappa shape index (κ3) is 4.15. The van der Waals surface area contributed by atoms with E-state index >= 15 is 0 Å². The molecule has 0 aromatic heterocycles. The molecule has 0 saturated carbocycles. The minimum atomic E-state index is -0.460. The first-order chi connectivity index (χ1) is 12.5. The highest BCUT2D eigenvalue weighted by Gasteiger charge is 2.28. The topological polar surface area (TPSA) is 88.2 Å². The van der Waals surface area contributed by atoms with Crippen molar-refractivity contribution >= 4 is 34.7 Å². The number of carbonyl (C=O) groups excluding carboxylic acids is 1. The monoisotopic (exact) mass is 368 g/mol. The second kappa shape index (κ2) is 7.92. The van der Waals surface area contributed by atoms with Gasteiger partial charge in [0.05, 0.1) is 23.4 Å². The number of nitro benzene ring substituents is 1. The summed E-state index contributed by atoms with van der Waals surface area (Å²) in [5.41, 5.74) is 2.73. The van der Waals surface area contributed by atoms with Crippen molar-refractivity contribution in [2.24, 2.45) is 10.2 Å². The Morgan fingerprint density at radius 1 is 1.27 bits per heavy atom. The molecule has 1 saturated heterocycles. The summed E-state index contributed by atoms with van der Waals surface area (Å²) >= 11 is 1.33. The van der Waals surface area contributed by atoms with Crippen molar-refractivity contribution in [3.63, 3.8) is 0 Å². The second-order valence-electron chi connectivity index (χ2n) is 5.67. The Labute approximate surface area is 154 Å². The van der Waals surface area contributed by atoms with Crippen LogP contribution < -0.4 is 0 Å². The third-order valence-electron chi connectivity index (χ3n) is 3.88. The van der Waals surface area contributed by atoms with Gasteiger partial charge in [-0.15, -0.1) is 5.10 Å². The fourth-order valence-corrected chi connectivity index (χ4v) is 3.28. The zero-order chi connectivity index (χ0) is 18.5. The van der Waals surface area contributed by atoms with Gasteiger partial charge in [0.1, 0.15) is 0 Å². The minimum absolute atomic E-state index is 0.00629. The van der Waals surface area contributed by atoms with Crippen LogP contribution in [-0.2, 0) is 11.3 Å². The van der Waals surface area contributed by atoms with Gasteiger partial charge in [-0.25, -0.2) is 0 Å². The Balaban J connectivity index is 1.76. The molecular weight excluding hydrogens is 352 g/mol. The molecule has 2 aromatic rings. The second-order valence-corrected chi connectivity index (χ2v) is 6.62. The van der Waals surface area contributed by atoms with Gasteiger partial charge in [0.2, 0.25) is 5.91 Å². The van der Waals surface area contributed by atoms with Crippen LogP contribution in [0, 0.1) is 17.0 Å². The average molecular weight is 368 g/mol. The van der Waals surface area contributed by atoms with Gasteiger partial charge in [0.25, 0.3) is 5.69 Å². The smallest absolute Gasteiger partial charge is 0.270 e. The molecule has 0 unspecified atom stereocenters. The number of amides is 1. The Hall–Kier alpha value is -3.00. The molecule has 1 aliphatic heterocycles. The van der Waals surface area contributed by atoms with Crippen LogP contribution in [0.1, 0.15) is 16.7 Å². The van der Waals surface area contributed by atoms with Gasteiger partial charge < -0.3 is 0 Å². The molecule has 7 nitrogen and oxygen atoms in total. The van der Waals surface area contributed by atoms with Gasteiger partial charge in [0, 0.05) is 17.7 Å². The van der Waals surface area contributed by atoms with Gasteiger partial charge in [0.15, 0.2) is 5.17 Å². The maximum absolute atomic E-state index is 12.2. The summed E-state index contributed by atoms with van der Waals surface area (Å²) in [6.45, 7) is 2.45. The first-order valence-corrected chi connectivity index (χ1v) is 8.86. The molecule has 26 heavy (non-hydrogen) atoms. The largest absolute Gasteiger partial charge is 0.285 e. The predicted octanol–water partition coefficient (Wildman–Crippen LogP) is 3.37. The number of hydrogen-bond acceptors (Lipinski definition) is 6. The van der Waals surface area contributed by atoms with E-state index < -0.39 is 4.92 Å². The molecule has 0 spiro atoms. The Morgan fingerprint density at radius 3 is 2.85 bits per heavy atom. The number of hydrogen-bond donors (Lipinski definition) is 0. The summed E-state index contributed by atoms with van der Waals surface area (Å²) in [4.78, 5) is 24.1. The molecule has 1 aliphatic rings. The predicted molar refractivity (Wildman–Crippen MR) is 102 cm³/mol. The molecule has 0 radical (unpaired) electrons. The van der Waals surface area contributed by atoms with Crippen molar-refractivity contribution < 1.29 is 9.72 Å². The van der Waals surface area contributed by atoms with Crippen LogP contribution in [0.2, 0.25) is 0 Å². The maximum Gasteiger partial charge on any atom is 0.270 e. The van der Waals surface area contributed by atoms with E-state index in [9.17, 15) is 14.9 Å². The molecule has 0 N–H and O–H groups in total. The van der Waals surface area contributed by atoms with Gasteiger partial charge in [-0.1, -0.05) is 48.2 Å². The fourth-order valence-electron chi connectivity index (χ4n) is 2.45. The highest BCUT2D eigenvalue weighted by molar-refractivity contribution is 8.15. The summed E-state index contributed by atoms with van der Waals surface area (Å²) in [5.74, 6) is 0.319. The summed E-state index contributed by atoms with van der Waals surface area (Å²) in [5, 5.41) is 19.5. The number of rotatable bonds is 5. The van der Waals surface area contributed by atoms with Crippen molar-refractivity contribution in [2.45, 2.75) is 13.5 Å². The number of thioether (sulfide) groups is 1. The molecule has 2 aromatic carbocycles. The number of aryl methyl sites for hydroxylation is 1. The first kappa shape index (κ1) is 17.8. The van der Waals surface area contributed by atoms with Crippen molar-refractivity contribution in [1.29, 1.82) is 0 Å². The molecule has 0 atom stereocenters.